The first kappa shape index (κ1) is 33.7. The number of ketones is 2. The largest absolute Gasteiger partial charge is 0.508 e. The Kier molecular flexibility index (Phi) is 8.67. The highest BCUT2D eigenvalue weighted by molar-refractivity contribution is 6.24. The number of furan rings is 1. The van der Waals surface area contributed by atoms with Crippen molar-refractivity contribution in [3.63, 3.8) is 0 Å². The van der Waals surface area contributed by atoms with E-state index in [2.05, 4.69) is 9.80 Å². The van der Waals surface area contributed by atoms with Gasteiger partial charge in [-0.25, -0.2) is 0 Å². The van der Waals surface area contributed by atoms with Gasteiger partial charge in [0.25, 0.3) is 5.91 Å². The standard InChI is InChI=1S/C34H43N5O9/c1-36(2)22-15-20(23-6-5-18(48-23)16-39-9-7-38(8-10-39)11-12-40)28(41)25-19(22)13-17-14-21-27(37(3)4)30(43)26(33(35)46)32(45)34(21,47)31(44)24(17)29(25)42/h5-6,15,17,21,27,40-42,45,47H,7-14,16H2,1-4H3,(H2,35,46)/t17-,21-,27?,34-/m0/s1. The molecule has 4 aliphatic rings. The minimum atomic E-state index is -2.71. The zero-order valence-electron chi connectivity index (χ0n) is 27.6. The van der Waals surface area contributed by atoms with Crippen LogP contribution < -0.4 is 10.6 Å². The maximum absolute atomic E-state index is 14.2. The second kappa shape index (κ2) is 12.3. The predicted octanol–water partition coefficient (Wildman–Crippen LogP) is 0.400. The Labute approximate surface area is 277 Å². The van der Waals surface area contributed by atoms with E-state index in [9.17, 15) is 39.9 Å². The van der Waals surface area contributed by atoms with Crippen LogP contribution >= 0.6 is 0 Å². The summed E-state index contributed by atoms with van der Waals surface area (Å²) in [4.78, 5) is 47.6. The number of primary amides is 1. The summed E-state index contributed by atoms with van der Waals surface area (Å²) < 4.78 is 6.20. The molecule has 1 saturated carbocycles. The number of carbonyl (C=O) groups excluding carboxylic acids is 3. The second-order valence-electron chi connectivity index (χ2n) is 13.6. The lowest BCUT2D eigenvalue weighted by molar-refractivity contribution is -0.153. The molecule has 14 heteroatoms. The number of phenolic OH excluding ortho intramolecular Hbond substituents is 1. The van der Waals surface area contributed by atoms with Gasteiger partial charge in [-0.1, -0.05) is 0 Å². The number of aliphatic hydroxyl groups excluding tert-OH is 3. The Balaban J connectivity index is 1.41. The third-order valence-corrected chi connectivity index (χ3v) is 10.4. The van der Waals surface area contributed by atoms with Crippen molar-refractivity contribution in [3.8, 4) is 17.1 Å². The van der Waals surface area contributed by atoms with Crippen molar-refractivity contribution in [1.29, 1.82) is 0 Å². The molecule has 14 nitrogen and oxygen atoms in total. The van der Waals surface area contributed by atoms with Gasteiger partial charge in [-0.2, -0.15) is 0 Å². The Bertz CT molecular complexity index is 1740. The molecule has 0 spiro atoms. The van der Waals surface area contributed by atoms with E-state index in [-0.39, 0.29) is 41.9 Å². The maximum atomic E-state index is 14.2. The summed E-state index contributed by atoms with van der Waals surface area (Å²) in [6.45, 7) is 4.59. The monoisotopic (exact) mass is 665 g/mol. The van der Waals surface area contributed by atoms with Crippen LogP contribution in [0.1, 0.15) is 23.3 Å². The first-order valence-corrected chi connectivity index (χ1v) is 16.1. The number of aromatic hydroxyl groups is 1. The van der Waals surface area contributed by atoms with Gasteiger partial charge < -0.3 is 40.6 Å². The van der Waals surface area contributed by atoms with Crippen molar-refractivity contribution >= 4 is 28.9 Å². The predicted molar refractivity (Wildman–Crippen MR) is 175 cm³/mol. The number of amides is 1. The van der Waals surface area contributed by atoms with Crippen LogP contribution in [0.3, 0.4) is 0 Å². The third kappa shape index (κ3) is 5.19. The number of carbonyl (C=O) groups is 3. The molecule has 48 heavy (non-hydrogen) atoms. The fraction of sp³-hybridized carbons (Fsp3) is 0.500. The molecule has 7 N–H and O–H groups in total. The molecule has 6 rings (SSSR count). The Hall–Kier alpha value is -4.21. The Morgan fingerprint density at radius 1 is 1.06 bits per heavy atom. The first-order valence-electron chi connectivity index (χ1n) is 16.1. The number of β-amino-alcohol motifs (C(OH)–C–C–N with tert-alkyl or cyclic N) is 1. The van der Waals surface area contributed by atoms with Gasteiger partial charge in [0.15, 0.2) is 11.4 Å². The Morgan fingerprint density at radius 3 is 2.33 bits per heavy atom. The molecule has 2 aromatic rings. The molecule has 0 bridgehead atoms. The number of Topliss-reactive ketones (excluding diaryl/α,β-unsaturated/α-hetero) is 2. The maximum Gasteiger partial charge on any atom is 0.255 e. The molecular weight excluding hydrogens is 622 g/mol. The van der Waals surface area contributed by atoms with E-state index >= 15 is 0 Å². The number of nitrogens with two attached hydrogens (primary N) is 1. The number of hydrogen-bond acceptors (Lipinski definition) is 13. The Morgan fingerprint density at radius 2 is 1.73 bits per heavy atom. The summed E-state index contributed by atoms with van der Waals surface area (Å²) in [5.41, 5.74) is 3.19. The molecule has 2 fully saturated rings. The number of phenols is 1. The number of fused-ring (bicyclic) bond motifs is 3. The summed E-state index contributed by atoms with van der Waals surface area (Å²) in [6, 6.07) is 4.19. The van der Waals surface area contributed by atoms with Gasteiger partial charge >= 0.3 is 0 Å². The average Bonchev–Trinajstić information content (AvgIpc) is 3.47. The minimum absolute atomic E-state index is 0.00504. The van der Waals surface area contributed by atoms with Gasteiger partial charge in [0, 0.05) is 64.0 Å². The number of rotatable bonds is 8. The third-order valence-electron chi connectivity index (χ3n) is 10.4. The lowest BCUT2D eigenvalue weighted by atomic mass is 9.57. The van der Waals surface area contributed by atoms with Crippen LogP contribution in [0.15, 0.2) is 39.5 Å². The summed E-state index contributed by atoms with van der Waals surface area (Å²) in [5.74, 6) is -5.91. The van der Waals surface area contributed by atoms with E-state index in [1.165, 1.54) is 4.90 Å². The number of hydrogen-bond donors (Lipinski definition) is 6. The number of anilines is 1. The first-order chi connectivity index (χ1) is 22.7. The molecule has 0 radical (unpaired) electrons. The molecule has 258 valence electrons. The summed E-state index contributed by atoms with van der Waals surface area (Å²) >= 11 is 0. The zero-order chi connectivity index (χ0) is 34.8. The molecule has 2 heterocycles. The molecule has 1 unspecified atom stereocenters. The lowest BCUT2D eigenvalue weighted by Crippen LogP contribution is -2.65. The van der Waals surface area contributed by atoms with E-state index in [0.29, 0.717) is 35.9 Å². The highest BCUT2D eigenvalue weighted by Gasteiger charge is 2.64. The van der Waals surface area contributed by atoms with Crippen LogP contribution in [0.4, 0.5) is 5.69 Å². The number of aliphatic hydroxyl groups is 4. The summed E-state index contributed by atoms with van der Waals surface area (Å²) in [7, 11) is 6.77. The van der Waals surface area contributed by atoms with Crippen molar-refractivity contribution < 1.29 is 44.3 Å². The quantitative estimate of drug-likeness (QED) is 0.212. The van der Waals surface area contributed by atoms with E-state index < -0.39 is 58.0 Å². The van der Waals surface area contributed by atoms with Crippen LogP contribution in [0.25, 0.3) is 17.1 Å². The molecule has 1 aliphatic heterocycles. The van der Waals surface area contributed by atoms with Crippen molar-refractivity contribution in [1.82, 2.24) is 14.7 Å². The van der Waals surface area contributed by atoms with Crippen LogP contribution in [0, 0.1) is 11.8 Å². The minimum Gasteiger partial charge on any atom is -0.508 e. The van der Waals surface area contributed by atoms with Crippen LogP contribution in [0.2, 0.25) is 0 Å². The molecule has 1 aromatic heterocycles. The number of likely N-dealkylation sites (N-methyl/N-ethyl adjacent to an activating group) is 1. The lowest BCUT2D eigenvalue weighted by Gasteiger charge is -2.50. The topological polar surface area (TPSA) is 204 Å². The van der Waals surface area contributed by atoms with Crippen molar-refractivity contribution in [3.05, 3.63) is 52.0 Å². The fourth-order valence-corrected chi connectivity index (χ4v) is 8.02. The van der Waals surface area contributed by atoms with Gasteiger partial charge in [-0.3, -0.25) is 29.1 Å². The highest BCUT2D eigenvalue weighted by atomic mass is 16.4. The van der Waals surface area contributed by atoms with E-state index in [0.717, 1.165) is 26.2 Å². The van der Waals surface area contributed by atoms with Gasteiger partial charge in [-0.05, 0) is 56.6 Å². The van der Waals surface area contributed by atoms with Gasteiger partial charge in [0.05, 0.1) is 30.3 Å². The molecular formula is C34H43N5O9. The summed E-state index contributed by atoms with van der Waals surface area (Å²) in [6.07, 6.45) is 0.193. The van der Waals surface area contributed by atoms with Gasteiger partial charge in [0.1, 0.15) is 34.4 Å². The van der Waals surface area contributed by atoms with Crippen molar-refractivity contribution in [2.24, 2.45) is 17.6 Å². The molecule has 1 amide bonds. The van der Waals surface area contributed by atoms with E-state index in [4.69, 9.17) is 10.2 Å². The summed E-state index contributed by atoms with van der Waals surface area (Å²) in [5, 5.41) is 55.8. The smallest absolute Gasteiger partial charge is 0.255 e. The van der Waals surface area contributed by atoms with Crippen molar-refractivity contribution in [2.45, 2.75) is 31.0 Å². The average molecular weight is 666 g/mol. The van der Waals surface area contributed by atoms with E-state index in [1.807, 2.05) is 25.1 Å². The van der Waals surface area contributed by atoms with Crippen LogP contribution in [-0.4, -0.2) is 137 Å². The van der Waals surface area contributed by atoms with Crippen LogP contribution in [-0.2, 0) is 27.3 Å². The molecule has 1 saturated heterocycles. The second-order valence-corrected chi connectivity index (χ2v) is 13.6. The molecule has 3 aliphatic carbocycles. The highest BCUT2D eigenvalue weighted by Crippen LogP contribution is 2.55. The normalized spacial score (nSPS) is 26.5. The van der Waals surface area contributed by atoms with Gasteiger partial charge in [0.2, 0.25) is 5.78 Å². The number of piperazine rings is 1. The number of benzene rings is 1. The number of nitrogens with zero attached hydrogens (tertiary/aromatic N) is 4. The SMILES string of the molecule is CN(C)c1cc(-c2ccc(CN3CCN(CCO)CC3)o2)c(O)c2c1C[C@H]1C[C@H]3C(N(C)C)C(=O)C(C(N)=O)=C(O)[C@@]3(O)C(=O)C1=C2O. The van der Waals surface area contributed by atoms with E-state index in [1.54, 1.807) is 26.2 Å². The fourth-order valence-electron chi connectivity index (χ4n) is 8.02. The van der Waals surface area contributed by atoms with Crippen molar-refractivity contribution in [2.75, 3.05) is 72.4 Å². The zero-order valence-corrected chi connectivity index (χ0v) is 27.6. The molecule has 1 aromatic carbocycles. The molecule has 4 atom stereocenters. The van der Waals surface area contributed by atoms with Gasteiger partial charge in [-0.15, -0.1) is 0 Å². The van der Waals surface area contributed by atoms with Crippen LogP contribution in [0.5, 0.6) is 5.75 Å².